The number of carbonyl (C=O) groups excluding carboxylic acids is 1. The third kappa shape index (κ3) is 3.91. The molecule has 2 aromatic carbocycles. The molecule has 0 spiro atoms. The number of hydrogen-bond donors (Lipinski definition) is 0. The molecule has 0 atom stereocenters. The highest BCUT2D eigenvalue weighted by Gasteiger charge is 2.30. The van der Waals surface area contributed by atoms with Crippen molar-refractivity contribution in [3.05, 3.63) is 59.2 Å². The summed E-state index contributed by atoms with van der Waals surface area (Å²) in [6, 6.07) is 10.4. The lowest BCUT2D eigenvalue weighted by Crippen LogP contribution is -2.48. The van der Waals surface area contributed by atoms with E-state index >= 15 is 0 Å². The maximum Gasteiger partial charge on any atom is 0.416 e. The summed E-state index contributed by atoms with van der Waals surface area (Å²) in [5.41, 5.74) is 0.736. The quantitative estimate of drug-likeness (QED) is 0.803. The first-order valence-corrected chi connectivity index (χ1v) is 8.97. The summed E-state index contributed by atoms with van der Waals surface area (Å²) in [5, 5.41) is 0. The number of alkyl halides is 3. The number of amides is 1. The summed E-state index contributed by atoms with van der Waals surface area (Å²) in [4.78, 5) is 16.6. The van der Waals surface area contributed by atoms with Crippen LogP contribution in [0.15, 0.2) is 42.5 Å². The molecule has 8 heteroatoms. The second kappa shape index (κ2) is 7.35. The molecule has 28 heavy (non-hydrogen) atoms. The van der Waals surface area contributed by atoms with Gasteiger partial charge in [0.05, 0.1) is 5.56 Å². The first kappa shape index (κ1) is 18.6. The Morgan fingerprint density at radius 2 is 1.61 bits per heavy atom. The van der Waals surface area contributed by atoms with E-state index in [1.165, 1.54) is 12.1 Å². The van der Waals surface area contributed by atoms with Crippen LogP contribution in [0.3, 0.4) is 0 Å². The van der Waals surface area contributed by atoms with E-state index in [9.17, 15) is 18.0 Å². The topological polar surface area (TPSA) is 42.0 Å². The van der Waals surface area contributed by atoms with Crippen molar-refractivity contribution in [2.24, 2.45) is 0 Å². The molecule has 1 fully saturated rings. The Bertz CT molecular complexity index is 860. The van der Waals surface area contributed by atoms with Crippen LogP contribution in [0.25, 0.3) is 0 Å². The van der Waals surface area contributed by atoms with E-state index in [0.717, 1.165) is 17.7 Å². The average molecular weight is 392 g/mol. The van der Waals surface area contributed by atoms with Gasteiger partial charge in [0.2, 0.25) is 6.79 Å². The highest BCUT2D eigenvalue weighted by Crippen LogP contribution is 2.33. The average Bonchev–Trinajstić information content (AvgIpc) is 3.15. The fourth-order valence-corrected chi connectivity index (χ4v) is 3.38. The molecule has 2 aromatic rings. The smallest absolute Gasteiger partial charge is 0.416 e. The van der Waals surface area contributed by atoms with Gasteiger partial charge in [-0.15, -0.1) is 0 Å². The van der Waals surface area contributed by atoms with Crippen molar-refractivity contribution >= 4 is 5.91 Å². The molecule has 1 saturated heterocycles. The largest absolute Gasteiger partial charge is 0.454 e. The van der Waals surface area contributed by atoms with Crippen molar-refractivity contribution in [3.63, 3.8) is 0 Å². The molecule has 1 amide bonds. The molecule has 0 bridgehead atoms. The van der Waals surface area contributed by atoms with Crippen LogP contribution in [0.5, 0.6) is 11.5 Å². The fraction of sp³-hybridized carbons (Fsp3) is 0.350. The predicted octanol–water partition coefficient (Wildman–Crippen LogP) is 3.39. The molecule has 0 aliphatic carbocycles. The van der Waals surface area contributed by atoms with Crippen molar-refractivity contribution < 1.29 is 27.4 Å². The molecule has 2 aliphatic rings. The first-order valence-electron chi connectivity index (χ1n) is 8.97. The SMILES string of the molecule is O=C(c1ccc2c(c1)OCO2)N1CCN(Cc2ccc(C(F)(F)F)cc2)CC1. The van der Waals surface area contributed by atoms with Gasteiger partial charge in [0, 0.05) is 38.3 Å². The van der Waals surface area contributed by atoms with Crippen LogP contribution in [0, 0.1) is 0 Å². The van der Waals surface area contributed by atoms with Crippen LogP contribution in [0.2, 0.25) is 0 Å². The molecular weight excluding hydrogens is 373 g/mol. The summed E-state index contributed by atoms with van der Waals surface area (Å²) in [7, 11) is 0. The second-order valence-electron chi connectivity index (χ2n) is 6.83. The molecule has 0 radical (unpaired) electrons. The van der Waals surface area contributed by atoms with Gasteiger partial charge < -0.3 is 14.4 Å². The number of hydrogen-bond acceptors (Lipinski definition) is 4. The number of nitrogens with zero attached hydrogens (tertiary/aromatic N) is 2. The highest BCUT2D eigenvalue weighted by atomic mass is 19.4. The fourth-order valence-electron chi connectivity index (χ4n) is 3.38. The van der Waals surface area contributed by atoms with E-state index in [1.807, 2.05) is 0 Å². The van der Waals surface area contributed by atoms with Gasteiger partial charge in [0.25, 0.3) is 5.91 Å². The van der Waals surface area contributed by atoms with Crippen LogP contribution >= 0.6 is 0 Å². The van der Waals surface area contributed by atoms with Gasteiger partial charge in [0.15, 0.2) is 11.5 Å². The van der Waals surface area contributed by atoms with E-state index in [4.69, 9.17) is 9.47 Å². The summed E-state index contributed by atoms with van der Waals surface area (Å²) >= 11 is 0. The standard InChI is InChI=1S/C20H19F3N2O3/c21-20(22,23)16-4-1-14(2-5-16)12-24-7-9-25(10-8-24)19(26)15-3-6-17-18(11-15)28-13-27-17/h1-6,11H,7-10,12-13H2. The van der Waals surface area contributed by atoms with E-state index in [0.29, 0.717) is 49.8 Å². The minimum Gasteiger partial charge on any atom is -0.454 e. The monoisotopic (exact) mass is 392 g/mol. The maximum absolute atomic E-state index is 12.7. The molecule has 0 aromatic heterocycles. The highest BCUT2D eigenvalue weighted by molar-refractivity contribution is 5.95. The normalized spacial score (nSPS) is 17.0. The Labute approximate surface area is 160 Å². The van der Waals surface area contributed by atoms with Gasteiger partial charge >= 0.3 is 6.18 Å². The van der Waals surface area contributed by atoms with Gasteiger partial charge in [-0.25, -0.2) is 0 Å². The van der Waals surface area contributed by atoms with Gasteiger partial charge in [-0.2, -0.15) is 13.2 Å². The predicted molar refractivity (Wildman–Crippen MR) is 95.2 cm³/mol. The zero-order valence-electron chi connectivity index (χ0n) is 15.0. The Morgan fingerprint density at radius 1 is 0.929 bits per heavy atom. The minimum absolute atomic E-state index is 0.0625. The van der Waals surface area contributed by atoms with Crippen LogP contribution in [0.1, 0.15) is 21.5 Å². The van der Waals surface area contributed by atoms with E-state index in [1.54, 1.807) is 23.1 Å². The number of halogens is 3. The van der Waals surface area contributed by atoms with Gasteiger partial charge in [-0.3, -0.25) is 9.69 Å². The van der Waals surface area contributed by atoms with Crippen LogP contribution in [0.4, 0.5) is 13.2 Å². The molecular formula is C20H19F3N2O3. The number of fused-ring (bicyclic) bond motifs is 1. The minimum atomic E-state index is -4.32. The third-order valence-corrected chi connectivity index (χ3v) is 4.97. The van der Waals surface area contributed by atoms with Crippen LogP contribution in [-0.4, -0.2) is 48.7 Å². The van der Waals surface area contributed by atoms with Crippen LogP contribution in [-0.2, 0) is 12.7 Å². The maximum atomic E-state index is 12.7. The first-order chi connectivity index (χ1) is 13.4. The molecule has 148 valence electrons. The molecule has 0 saturated carbocycles. The van der Waals surface area contributed by atoms with E-state index in [-0.39, 0.29) is 12.7 Å². The number of ether oxygens (including phenoxy) is 2. The Hall–Kier alpha value is -2.74. The van der Waals surface area contributed by atoms with Crippen molar-refractivity contribution in [2.75, 3.05) is 33.0 Å². The lowest BCUT2D eigenvalue weighted by Gasteiger charge is -2.34. The molecule has 0 unspecified atom stereocenters. The number of piperazine rings is 1. The van der Waals surface area contributed by atoms with Gasteiger partial charge in [-0.1, -0.05) is 12.1 Å². The molecule has 5 nitrogen and oxygen atoms in total. The Balaban J connectivity index is 1.32. The van der Waals surface area contributed by atoms with Crippen molar-refractivity contribution in [1.82, 2.24) is 9.80 Å². The van der Waals surface area contributed by atoms with E-state index in [2.05, 4.69) is 4.90 Å². The number of benzene rings is 2. The molecule has 2 aliphatic heterocycles. The molecule has 0 N–H and O–H groups in total. The van der Waals surface area contributed by atoms with Gasteiger partial charge in [0.1, 0.15) is 0 Å². The lowest BCUT2D eigenvalue weighted by atomic mass is 10.1. The van der Waals surface area contributed by atoms with Crippen LogP contribution < -0.4 is 9.47 Å². The van der Waals surface area contributed by atoms with Gasteiger partial charge in [-0.05, 0) is 35.9 Å². The third-order valence-electron chi connectivity index (χ3n) is 4.97. The number of carbonyl (C=O) groups is 1. The van der Waals surface area contributed by atoms with Crippen molar-refractivity contribution in [3.8, 4) is 11.5 Å². The summed E-state index contributed by atoms with van der Waals surface area (Å²) in [6.07, 6.45) is -4.32. The summed E-state index contributed by atoms with van der Waals surface area (Å²) in [6.45, 7) is 3.18. The summed E-state index contributed by atoms with van der Waals surface area (Å²) in [5.74, 6) is 1.15. The zero-order chi connectivity index (χ0) is 19.7. The summed E-state index contributed by atoms with van der Waals surface area (Å²) < 4.78 is 48.5. The molecule has 2 heterocycles. The molecule has 4 rings (SSSR count). The second-order valence-corrected chi connectivity index (χ2v) is 6.83. The van der Waals surface area contributed by atoms with E-state index < -0.39 is 11.7 Å². The number of rotatable bonds is 3. The Morgan fingerprint density at radius 3 is 2.29 bits per heavy atom. The van der Waals surface area contributed by atoms with Crippen molar-refractivity contribution in [1.29, 1.82) is 0 Å². The van der Waals surface area contributed by atoms with Crippen molar-refractivity contribution in [2.45, 2.75) is 12.7 Å². The lowest BCUT2D eigenvalue weighted by molar-refractivity contribution is -0.137. The Kier molecular flexibility index (Phi) is 4.89. The zero-order valence-corrected chi connectivity index (χ0v) is 15.0.